The molecule has 3 saturated carbocycles. The van der Waals surface area contributed by atoms with Gasteiger partial charge in [-0.2, -0.15) is 0 Å². The molecule has 5 unspecified atom stereocenters. The Bertz CT molecular complexity index is 700. The standard InChI is InChI=1S/C14H20O.C13H18O.C2H6/c15-7-2-1-4-10-8-11-9-14(10)13-6-3-5-12(11)13;1-10(2)12-4-6-13(7-5-12)11(3)8-9-14;1-2/h4,7,11-14H,1-3,5-6,8-9H2;4-7,9-11H,8H2,1-3H3;1-2H3/b10-4+;;. The first-order chi connectivity index (χ1) is 15.0. The number of allylic oxidation sites excluding steroid dienone is 2. The fourth-order valence-electron chi connectivity index (χ4n) is 5.95. The van der Waals surface area contributed by atoms with Gasteiger partial charge < -0.3 is 9.59 Å². The first-order valence-corrected chi connectivity index (χ1v) is 12.7. The summed E-state index contributed by atoms with van der Waals surface area (Å²) in [6.07, 6.45) is 14.0. The van der Waals surface area contributed by atoms with Gasteiger partial charge in [0.25, 0.3) is 0 Å². The predicted molar refractivity (Wildman–Crippen MR) is 131 cm³/mol. The lowest BCUT2D eigenvalue weighted by molar-refractivity contribution is -0.108. The Morgan fingerprint density at radius 2 is 1.55 bits per heavy atom. The van der Waals surface area contributed by atoms with Crippen LogP contribution >= 0.6 is 0 Å². The van der Waals surface area contributed by atoms with Crippen molar-refractivity contribution in [2.45, 2.75) is 97.8 Å². The van der Waals surface area contributed by atoms with E-state index in [1.165, 1.54) is 43.2 Å². The van der Waals surface area contributed by atoms with Crippen molar-refractivity contribution in [1.29, 1.82) is 0 Å². The van der Waals surface area contributed by atoms with E-state index in [9.17, 15) is 9.59 Å². The minimum Gasteiger partial charge on any atom is -0.303 e. The molecule has 172 valence electrons. The van der Waals surface area contributed by atoms with Crippen molar-refractivity contribution in [2.24, 2.45) is 23.7 Å². The summed E-state index contributed by atoms with van der Waals surface area (Å²) in [4.78, 5) is 20.7. The minimum absolute atomic E-state index is 0.341. The lowest BCUT2D eigenvalue weighted by Crippen LogP contribution is -2.18. The van der Waals surface area contributed by atoms with Crippen molar-refractivity contribution < 1.29 is 9.59 Å². The van der Waals surface area contributed by atoms with Gasteiger partial charge in [0, 0.05) is 12.8 Å². The van der Waals surface area contributed by atoms with E-state index in [1.807, 2.05) is 13.8 Å². The van der Waals surface area contributed by atoms with Gasteiger partial charge in [0.15, 0.2) is 0 Å². The van der Waals surface area contributed by atoms with E-state index in [-0.39, 0.29) is 0 Å². The topological polar surface area (TPSA) is 34.1 Å². The summed E-state index contributed by atoms with van der Waals surface area (Å²) in [5.74, 6) is 4.97. The Morgan fingerprint density at radius 3 is 2.16 bits per heavy atom. The van der Waals surface area contributed by atoms with Crippen molar-refractivity contribution in [1.82, 2.24) is 0 Å². The van der Waals surface area contributed by atoms with Gasteiger partial charge in [-0.1, -0.05) is 77.0 Å². The number of aldehydes is 2. The summed E-state index contributed by atoms with van der Waals surface area (Å²) < 4.78 is 0. The van der Waals surface area contributed by atoms with Crippen LogP contribution in [0, 0.1) is 23.7 Å². The zero-order valence-electron chi connectivity index (χ0n) is 20.5. The second-order valence-electron chi connectivity index (χ2n) is 9.71. The highest BCUT2D eigenvalue weighted by molar-refractivity contribution is 5.51. The fourth-order valence-corrected chi connectivity index (χ4v) is 5.95. The normalized spacial score (nSPS) is 27.7. The molecule has 3 aliphatic carbocycles. The highest BCUT2D eigenvalue weighted by Gasteiger charge is 2.51. The fraction of sp³-hybridized carbons (Fsp3) is 0.655. The van der Waals surface area contributed by atoms with Gasteiger partial charge in [0.2, 0.25) is 0 Å². The van der Waals surface area contributed by atoms with E-state index in [1.54, 1.807) is 5.57 Å². The summed E-state index contributed by atoms with van der Waals surface area (Å²) >= 11 is 0. The molecule has 4 rings (SSSR count). The van der Waals surface area contributed by atoms with E-state index < -0.39 is 0 Å². The Hall–Kier alpha value is -1.70. The van der Waals surface area contributed by atoms with Gasteiger partial charge in [-0.05, 0) is 78.7 Å². The van der Waals surface area contributed by atoms with Crippen LogP contribution in [-0.2, 0) is 9.59 Å². The van der Waals surface area contributed by atoms with Gasteiger partial charge in [-0.3, -0.25) is 0 Å². The molecule has 0 aromatic heterocycles. The summed E-state index contributed by atoms with van der Waals surface area (Å²) in [6.45, 7) is 10.5. The van der Waals surface area contributed by atoms with Crippen LogP contribution in [0.15, 0.2) is 35.9 Å². The largest absolute Gasteiger partial charge is 0.303 e. The maximum atomic E-state index is 10.4. The zero-order chi connectivity index (χ0) is 22.8. The molecule has 1 aromatic rings. The molecule has 0 spiro atoms. The summed E-state index contributed by atoms with van der Waals surface area (Å²) in [7, 11) is 0. The lowest BCUT2D eigenvalue weighted by Gasteiger charge is -2.26. The molecule has 0 heterocycles. The van der Waals surface area contributed by atoms with E-state index in [4.69, 9.17) is 0 Å². The Balaban J connectivity index is 0.000000205. The summed E-state index contributed by atoms with van der Waals surface area (Å²) in [5.41, 5.74) is 4.32. The molecule has 0 N–H and O–H groups in total. The molecular weight excluding hydrogens is 380 g/mol. The molecule has 1 aromatic carbocycles. The number of carbonyl (C=O) groups excluding carboxylic acids is 2. The second-order valence-corrected chi connectivity index (χ2v) is 9.71. The maximum Gasteiger partial charge on any atom is 0.120 e. The highest BCUT2D eigenvalue weighted by atomic mass is 16.1. The molecule has 3 aliphatic rings. The molecule has 2 bridgehead atoms. The van der Waals surface area contributed by atoms with E-state index in [2.05, 4.69) is 51.1 Å². The summed E-state index contributed by atoms with van der Waals surface area (Å²) in [6, 6.07) is 8.57. The number of hydrogen-bond acceptors (Lipinski definition) is 2. The van der Waals surface area contributed by atoms with Gasteiger partial charge >= 0.3 is 0 Å². The summed E-state index contributed by atoms with van der Waals surface area (Å²) in [5, 5.41) is 0. The maximum absolute atomic E-state index is 10.4. The molecule has 5 atom stereocenters. The van der Waals surface area contributed by atoms with Crippen LogP contribution in [0.3, 0.4) is 0 Å². The quantitative estimate of drug-likeness (QED) is 0.253. The van der Waals surface area contributed by atoms with Crippen LogP contribution in [0.5, 0.6) is 0 Å². The lowest BCUT2D eigenvalue weighted by atomic mass is 9.79. The third kappa shape index (κ3) is 6.64. The predicted octanol–water partition coefficient (Wildman–Crippen LogP) is 7.88. The third-order valence-corrected chi connectivity index (χ3v) is 7.59. The van der Waals surface area contributed by atoms with Crippen molar-refractivity contribution in [2.75, 3.05) is 0 Å². The molecule has 0 radical (unpaired) electrons. The smallest absolute Gasteiger partial charge is 0.120 e. The van der Waals surface area contributed by atoms with E-state index in [0.717, 1.165) is 49.1 Å². The Morgan fingerprint density at radius 1 is 0.903 bits per heavy atom. The van der Waals surface area contributed by atoms with E-state index in [0.29, 0.717) is 18.3 Å². The van der Waals surface area contributed by atoms with Crippen LogP contribution in [0.25, 0.3) is 0 Å². The SMILES string of the molecule is CC.CC(C)c1ccc(C(C)CC=O)cc1.O=CCC/C=C1\CC2CC1C1CCCC21. The Kier molecular flexibility index (Phi) is 10.7. The number of rotatable bonds is 7. The molecule has 31 heavy (non-hydrogen) atoms. The molecule has 0 aliphatic heterocycles. The van der Waals surface area contributed by atoms with Crippen LogP contribution in [0.1, 0.15) is 109 Å². The Labute approximate surface area is 190 Å². The van der Waals surface area contributed by atoms with Crippen molar-refractivity contribution >= 4 is 12.6 Å². The monoisotopic (exact) mass is 424 g/mol. The molecule has 0 saturated heterocycles. The highest BCUT2D eigenvalue weighted by Crippen LogP contribution is 2.60. The van der Waals surface area contributed by atoms with Crippen molar-refractivity contribution in [3.63, 3.8) is 0 Å². The number of benzene rings is 1. The van der Waals surface area contributed by atoms with E-state index >= 15 is 0 Å². The second kappa shape index (κ2) is 13.0. The van der Waals surface area contributed by atoms with Gasteiger partial charge in [-0.25, -0.2) is 0 Å². The minimum atomic E-state index is 0.341. The van der Waals surface area contributed by atoms with Crippen molar-refractivity contribution in [3.05, 3.63) is 47.0 Å². The molecule has 2 heteroatoms. The molecule has 0 amide bonds. The average Bonchev–Trinajstić information content (AvgIpc) is 3.50. The van der Waals surface area contributed by atoms with Gasteiger partial charge in [0.05, 0.1) is 0 Å². The number of fused-ring (bicyclic) bond motifs is 5. The third-order valence-electron chi connectivity index (χ3n) is 7.59. The number of carbonyl (C=O) groups is 2. The van der Waals surface area contributed by atoms with Crippen LogP contribution in [0.2, 0.25) is 0 Å². The molecule has 2 nitrogen and oxygen atoms in total. The van der Waals surface area contributed by atoms with Crippen LogP contribution in [-0.4, -0.2) is 12.6 Å². The zero-order valence-corrected chi connectivity index (χ0v) is 20.5. The first-order valence-electron chi connectivity index (χ1n) is 12.7. The number of unbranched alkanes of at least 4 members (excludes halogenated alkanes) is 1. The average molecular weight is 425 g/mol. The number of hydrogen-bond donors (Lipinski definition) is 0. The molecule has 3 fully saturated rings. The molecular formula is C29H44O2. The van der Waals surface area contributed by atoms with Crippen molar-refractivity contribution in [3.8, 4) is 0 Å². The first kappa shape index (κ1) is 25.6. The van der Waals surface area contributed by atoms with Crippen LogP contribution < -0.4 is 0 Å². The van der Waals surface area contributed by atoms with Gasteiger partial charge in [-0.15, -0.1) is 0 Å². The van der Waals surface area contributed by atoms with Crippen LogP contribution in [0.4, 0.5) is 0 Å². The van der Waals surface area contributed by atoms with Gasteiger partial charge in [0.1, 0.15) is 12.6 Å².